The van der Waals surface area contributed by atoms with Gasteiger partial charge in [0.1, 0.15) is 0 Å². The molecule has 1 atom stereocenters. The van der Waals surface area contributed by atoms with Gasteiger partial charge in [-0.25, -0.2) is 4.79 Å². The van der Waals surface area contributed by atoms with E-state index in [0.29, 0.717) is 33.8 Å². The van der Waals surface area contributed by atoms with E-state index in [1.54, 1.807) is 54.0 Å². The van der Waals surface area contributed by atoms with E-state index in [1.165, 1.54) is 23.9 Å². The molecule has 0 unspecified atom stereocenters. The summed E-state index contributed by atoms with van der Waals surface area (Å²) < 4.78 is 1.77. The van der Waals surface area contributed by atoms with Crippen LogP contribution in [0.5, 0.6) is 0 Å². The van der Waals surface area contributed by atoms with Gasteiger partial charge in [0.25, 0.3) is 5.91 Å². The molecule has 0 saturated heterocycles. The topological polar surface area (TPSA) is 126 Å². The van der Waals surface area contributed by atoms with Crippen LogP contribution in [0, 0.1) is 0 Å². The number of carboxylic acids is 1. The number of amides is 2. The predicted octanol–water partition coefficient (Wildman–Crippen LogP) is 4.04. The van der Waals surface area contributed by atoms with E-state index in [4.69, 9.17) is 16.7 Å². The quantitative estimate of drug-likeness (QED) is 0.284. The lowest BCUT2D eigenvalue weighted by Gasteiger charge is -2.15. The van der Waals surface area contributed by atoms with Crippen molar-refractivity contribution in [2.24, 2.45) is 0 Å². The third-order valence-corrected chi connectivity index (χ3v) is 5.84. The number of carbonyl (C=O) groups is 3. The highest BCUT2D eigenvalue weighted by Crippen LogP contribution is 2.22. The van der Waals surface area contributed by atoms with Crippen molar-refractivity contribution in [3.8, 4) is 0 Å². The Hall–Kier alpha value is -3.63. The lowest BCUT2D eigenvalue weighted by molar-refractivity contribution is -0.113. The molecule has 0 bridgehead atoms. The molecule has 2 aromatic carbocycles. The Morgan fingerprint density at radius 3 is 2.59 bits per heavy atom. The van der Waals surface area contributed by atoms with Crippen LogP contribution >= 0.6 is 23.4 Å². The summed E-state index contributed by atoms with van der Waals surface area (Å²) in [6.45, 7) is 5.92. The zero-order valence-electron chi connectivity index (χ0n) is 18.2. The second-order valence-electron chi connectivity index (χ2n) is 7.16. The van der Waals surface area contributed by atoms with Gasteiger partial charge in [-0.3, -0.25) is 9.59 Å². The molecular weight excluding hydrogens is 478 g/mol. The number of anilines is 1. The number of halogens is 1. The minimum absolute atomic E-state index is 0.0259. The summed E-state index contributed by atoms with van der Waals surface area (Å²) in [5.74, 6) is -1.15. The fraction of sp³-hybridized carbons (Fsp3) is 0.174. The maximum absolute atomic E-state index is 12.5. The number of thioether (sulfide) groups is 1. The number of aromatic nitrogens is 3. The monoisotopic (exact) mass is 499 g/mol. The molecule has 176 valence electrons. The number of carbonyl (C=O) groups excluding carboxylic acids is 2. The Labute approximate surface area is 205 Å². The van der Waals surface area contributed by atoms with Gasteiger partial charge in [0, 0.05) is 22.8 Å². The van der Waals surface area contributed by atoms with Gasteiger partial charge in [0.15, 0.2) is 11.0 Å². The first kappa shape index (κ1) is 25.0. The van der Waals surface area contributed by atoms with Crippen LogP contribution in [0.2, 0.25) is 5.02 Å². The average molecular weight is 500 g/mol. The van der Waals surface area contributed by atoms with Crippen LogP contribution in [-0.4, -0.2) is 43.4 Å². The second-order valence-corrected chi connectivity index (χ2v) is 8.54. The van der Waals surface area contributed by atoms with Crippen LogP contribution in [0.1, 0.15) is 39.5 Å². The second kappa shape index (κ2) is 11.5. The van der Waals surface area contributed by atoms with Crippen molar-refractivity contribution in [2.75, 3.05) is 11.1 Å². The lowest BCUT2D eigenvalue weighted by atomic mass is 10.2. The van der Waals surface area contributed by atoms with Crippen molar-refractivity contribution in [3.63, 3.8) is 0 Å². The molecular formula is C23H22ClN5O4S. The number of allylic oxidation sites excluding steroid dienone is 1. The molecule has 0 saturated carbocycles. The highest BCUT2D eigenvalue weighted by Gasteiger charge is 2.20. The van der Waals surface area contributed by atoms with Gasteiger partial charge in [0.2, 0.25) is 5.91 Å². The number of rotatable bonds is 10. The van der Waals surface area contributed by atoms with Crippen LogP contribution in [0.25, 0.3) is 0 Å². The zero-order chi connectivity index (χ0) is 24.7. The van der Waals surface area contributed by atoms with Crippen LogP contribution in [-0.2, 0) is 11.3 Å². The Bertz CT molecular complexity index is 1210. The first-order chi connectivity index (χ1) is 16.3. The summed E-state index contributed by atoms with van der Waals surface area (Å²) in [4.78, 5) is 36.0. The first-order valence-corrected chi connectivity index (χ1v) is 11.5. The normalized spacial score (nSPS) is 11.5. The molecule has 0 fully saturated rings. The number of nitrogens with one attached hydrogen (secondary N) is 2. The summed E-state index contributed by atoms with van der Waals surface area (Å²) in [5, 5.41) is 24.0. The Kier molecular flexibility index (Phi) is 8.44. The van der Waals surface area contributed by atoms with Gasteiger partial charge >= 0.3 is 5.97 Å². The van der Waals surface area contributed by atoms with Crippen molar-refractivity contribution in [3.05, 3.63) is 83.2 Å². The summed E-state index contributed by atoms with van der Waals surface area (Å²) in [7, 11) is 0. The number of benzene rings is 2. The van der Waals surface area contributed by atoms with E-state index in [9.17, 15) is 14.4 Å². The van der Waals surface area contributed by atoms with E-state index in [-0.39, 0.29) is 23.1 Å². The summed E-state index contributed by atoms with van der Waals surface area (Å²) in [6, 6.07) is 12.1. The molecule has 0 aliphatic heterocycles. The molecule has 3 N–H and O–H groups in total. The van der Waals surface area contributed by atoms with Gasteiger partial charge in [-0.15, -0.1) is 16.8 Å². The third-order valence-electron chi connectivity index (χ3n) is 4.62. The minimum Gasteiger partial charge on any atom is -0.478 e. The Morgan fingerprint density at radius 2 is 1.91 bits per heavy atom. The Balaban J connectivity index is 1.66. The number of hydrogen-bond acceptors (Lipinski definition) is 6. The number of carboxylic acid groups (broad SMARTS) is 1. The largest absolute Gasteiger partial charge is 0.478 e. The highest BCUT2D eigenvalue weighted by molar-refractivity contribution is 7.99. The van der Waals surface area contributed by atoms with Crippen LogP contribution in [0.4, 0.5) is 5.69 Å². The molecule has 0 radical (unpaired) electrons. The summed E-state index contributed by atoms with van der Waals surface area (Å²) in [6.07, 6.45) is 1.67. The third kappa shape index (κ3) is 6.46. The van der Waals surface area contributed by atoms with E-state index in [1.807, 2.05) is 0 Å². The highest BCUT2D eigenvalue weighted by atomic mass is 35.5. The fourth-order valence-corrected chi connectivity index (χ4v) is 3.91. The smallest absolute Gasteiger partial charge is 0.335 e. The van der Waals surface area contributed by atoms with Crippen molar-refractivity contribution in [1.29, 1.82) is 0 Å². The van der Waals surface area contributed by atoms with E-state index >= 15 is 0 Å². The summed E-state index contributed by atoms with van der Waals surface area (Å²) >= 11 is 7.04. The maximum atomic E-state index is 12.5. The molecule has 3 aromatic rings. The van der Waals surface area contributed by atoms with Crippen molar-refractivity contribution >= 4 is 46.8 Å². The molecule has 1 aromatic heterocycles. The number of aromatic carboxylic acids is 1. The molecule has 11 heteroatoms. The molecule has 2 amide bonds. The molecule has 0 aliphatic rings. The Morgan fingerprint density at radius 1 is 1.18 bits per heavy atom. The summed E-state index contributed by atoms with van der Waals surface area (Å²) in [5.41, 5.74) is 0.928. The van der Waals surface area contributed by atoms with E-state index in [0.717, 1.165) is 0 Å². The molecule has 3 rings (SSSR count). The molecule has 1 heterocycles. The number of hydrogen-bond donors (Lipinski definition) is 3. The van der Waals surface area contributed by atoms with Gasteiger partial charge in [-0.05, 0) is 49.4 Å². The molecule has 34 heavy (non-hydrogen) atoms. The van der Waals surface area contributed by atoms with E-state index < -0.39 is 12.0 Å². The zero-order valence-corrected chi connectivity index (χ0v) is 19.8. The van der Waals surface area contributed by atoms with Gasteiger partial charge in [-0.2, -0.15) is 0 Å². The van der Waals surface area contributed by atoms with Crippen LogP contribution in [0.3, 0.4) is 0 Å². The van der Waals surface area contributed by atoms with Crippen molar-refractivity contribution < 1.29 is 19.5 Å². The molecule has 9 nitrogen and oxygen atoms in total. The van der Waals surface area contributed by atoms with Crippen molar-refractivity contribution in [2.45, 2.75) is 24.7 Å². The maximum Gasteiger partial charge on any atom is 0.335 e. The standard InChI is InChI=1S/C23H22ClN5O4S/c1-3-11-29-20(14(2)25-21(31)15-7-9-17(24)10-8-15)27-28-23(29)34-13-19(30)26-18-6-4-5-16(12-18)22(32)33/h3-10,12,14H,1,11,13H2,2H3,(H,25,31)(H,26,30)(H,32,33)/t14-/m1/s1. The van der Waals surface area contributed by atoms with Crippen molar-refractivity contribution in [1.82, 2.24) is 20.1 Å². The van der Waals surface area contributed by atoms with Crippen LogP contribution in [0.15, 0.2) is 66.3 Å². The van der Waals surface area contributed by atoms with E-state index in [2.05, 4.69) is 27.4 Å². The SMILES string of the molecule is C=CCn1c(SCC(=O)Nc2cccc(C(=O)O)c2)nnc1[C@@H](C)NC(=O)c1ccc(Cl)cc1. The van der Waals surface area contributed by atoms with Gasteiger partial charge < -0.3 is 20.3 Å². The molecule has 0 aliphatic carbocycles. The van der Waals surface area contributed by atoms with Gasteiger partial charge in [0.05, 0.1) is 17.4 Å². The van der Waals surface area contributed by atoms with Crippen LogP contribution < -0.4 is 10.6 Å². The number of nitrogens with zero attached hydrogens (tertiary/aromatic N) is 3. The average Bonchev–Trinajstić information content (AvgIpc) is 3.21. The lowest BCUT2D eigenvalue weighted by Crippen LogP contribution is -2.28. The molecule has 0 spiro atoms. The van der Waals surface area contributed by atoms with Gasteiger partial charge in [-0.1, -0.05) is 35.5 Å². The fourth-order valence-electron chi connectivity index (χ4n) is 3.03. The first-order valence-electron chi connectivity index (χ1n) is 10.1. The minimum atomic E-state index is -1.08. The predicted molar refractivity (Wildman–Crippen MR) is 130 cm³/mol.